The van der Waals surface area contributed by atoms with Crippen LogP contribution in [0.3, 0.4) is 0 Å². The van der Waals surface area contributed by atoms with Gasteiger partial charge >= 0.3 is 0 Å². The Morgan fingerprint density at radius 1 is 1.24 bits per heavy atom. The van der Waals surface area contributed by atoms with Crippen LogP contribution in [-0.2, 0) is 0 Å². The fraction of sp³-hybridized carbons (Fsp3) is 0.750. The summed E-state index contributed by atoms with van der Waals surface area (Å²) in [6.07, 6.45) is 6.26. The minimum Gasteiger partial charge on any atom is -0.369 e. The lowest BCUT2D eigenvalue weighted by Crippen LogP contribution is -2.39. The molecule has 2 saturated heterocycles. The van der Waals surface area contributed by atoms with Crippen LogP contribution in [0.1, 0.15) is 56.5 Å². The van der Waals surface area contributed by atoms with E-state index in [0.717, 1.165) is 42.4 Å². The molecule has 0 aliphatic carbocycles. The van der Waals surface area contributed by atoms with Crippen LogP contribution in [0, 0.1) is 10.5 Å². The first-order valence-electron chi connectivity index (χ1n) is 8.10. The van der Waals surface area contributed by atoms with Crippen LogP contribution in [0.25, 0.3) is 0 Å². The molecule has 0 amide bonds. The number of aryl methyl sites for hydroxylation is 1. The third-order valence-corrected chi connectivity index (χ3v) is 6.33. The minimum absolute atomic E-state index is 0.538. The van der Waals surface area contributed by atoms with Gasteiger partial charge in [-0.15, -0.1) is 0 Å². The van der Waals surface area contributed by atoms with Crippen molar-refractivity contribution in [1.29, 1.82) is 0 Å². The van der Waals surface area contributed by atoms with Crippen molar-refractivity contribution in [3.05, 3.63) is 15.1 Å². The molecule has 0 saturated carbocycles. The topological polar surface area (TPSA) is 41.1 Å². The number of fused-ring (bicyclic) bond motifs is 2. The summed E-state index contributed by atoms with van der Waals surface area (Å²) in [6.45, 7) is 5.27. The Balaban J connectivity index is 1.84. The van der Waals surface area contributed by atoms with E-state index >= 15 is 0 Å². The molecule has 21 heavy (non-hydrogen) atoms. The molecule has 116 valence electrons. The molecule has 3 heterocycles. The summed E-state index contributed by atoms with van der Waals surface area (Å²) in [6, 6.07) is 1.48. The Hall–Kier alpha value is -0.430. The van der Waals surface area contributed by atoms with Crippen LogP contribution in [0.5, 0.6) is 0 Å². The summed E-state index contributed by atoms with van der Waals surface area (Å²) in [5.74, 6) is 2.64. The standard InChI is InChI=1S/C16H25IN4/c1-4-7-18-16-14(17)10(2)19-15(20-16)11-8-12-5-6-13(9-11)21(12)3/h11-13H,4-9H2,1-3H3,(H,18,19,20). The summed E-state index contributed by atoms with van der Waals surface area (Å²) in [7, 11) is 2.28. The monoisotopic (exact) mass is 400 g/mol. The van der Waals surface area contributed by atoms with E-state index in [9.17, 15) is 0 Å². The molecular weight excluding hydrogens is 375 g/mol. The molecular formula is C16H25IN4. The van der Waals surface area contributed by atoms with Gasteiger partial charge in [-0.3, -0.25) is 0 Å². The Kier molecular flexibility index (Phi) is 4.69. The molecule has 2 bridgehead atoms. The third-order valence-electron chi connectivity index (χ3n) is 5.04. The van der Waals surface area contributed by atoms with Gasteiger partial charge in [-0.05, 0) is 68.7 Å². The molecule has 3 rings (SSSR count). The van der Waals surface area contributed by atoms with Crippen molar-refractivity contribution in [1.82, 2.24) is 14.9 Å². The first kappa shape index (κ1) is 15.5. The second kappa shape index (κ2) is 6.36. The maximum Gasteiger partial charge on any atom is 0.143 e. The molecule has 2 unspecified atom stereocenters. The molecule has 2 aliphatic rings. The highest BCUT2D eigenvalue weighted by Gasteiger charge is 2.40. The van der Waals surface area contributed by atoms with Gasteiger partial charge in [-0.1, -0.05) is 6.92 Å². The van der Waals surface area contributed by atoms with E-state index in [1.807, 2.05) is 0 Å². The smallest absolute Gasteiger partial charge is 0.143 e. The zero-order chi connectivity index (χ0) is 15.0. The number of anilines is 1. The first-order valence-corrected chi connectivity index (χ1v) is 9.17. The predicted octanol–water partition coefficient (Wildman–Crippen LogP) is 3.55. The average molecular weight is 400 g/mol. The number of rotatable bonds is 4. The molecule has 1 aromatic heterocycles. The molecule has 4 nitrogen and oxygen atoms in total. The average Bonchev–Trinajstić information content (AvgIpc) is 2.70. The van der Waals surface area contributed by atoms with Gasteiger partial charge in [0.1, 0.15) is 11.6 Å². The van der Waals surface area contributed by atoms with E-state index in [1.54, 1.807) is 0 Å². The molecule has 1 N–H and O–H groups in total. The molecule has 2 aliphatic heterocycles. The van der Waals surface area contributed by atoms with E-state index in [1.165, 1.54) is 29.3 Å². The van der Waals surface area contributed by atoms with Crippen LogP contribution in [0.15, 0.2) is 0 Å². The molecule has 2 fully saturated rings. The highest BCUT2D eigenvalue weighted by Crippen LogP contribution is 2.41. The van der Waals surface area contributed by atoms with Gasteiger partial charge in [0.25, 0.3) is 0 Å². The van der Waals surface area contributed by atoms with Gasteiger partial charge in [-0.2, -0.15) is 0 Å². The summed E-state index contributed by atoms with van der Waals surface area (Å²) < 4.78 is 1.17. The van der Waals surface area contributed by atoms with Crippen molar-refractivity contribution >= 4 is 28.4 Å². The summed E-state index contributed by atoms with van der Waals surface area (Å²) in [5, 5.41) is 3.46. The van der Waals surface area contributed by atoms with Gasteiger partial charge in [0.05, 0.1) is 9.26 Å². The Labute approximate surface area is 141 Å². The molecule has 5 heteroatoms. The van der Waals surface area contributed by atoms with Gasteiger partial charge in [0.15, 0.2) is 0 Å². The second-order valence-electron chi connectivity index (χ2n) is 6.48. The fourth-order valence-corrected chi connectivity index (χ4v) is 4.18. The maximum atomic E-state index is 4.87. The Bertz CT molecular complexity index is 505. The van der Waals surface area contributed by atoms with Crippen LogP contribution in [-0.4, -0.2) is 40.5 Å². The highest BCUT2D eigenvalue weighted by molar-refractivity contribution is 14.1. The summed E-state index contributed by atoms with van der Waals surface area (Å²) >= 11 is 2.36. The van der Waals surface area contributed by atoms with Crippen LogP contribution in [0.2, 0.25) is 0 Å². The lowest BCUT2D eigenvalue weighted by Gasteiger charge is -2.35. The minimum atomic E-state index is 0.538. The van der Waals surface area contributed by atoms with E-state index in [0.29, 0.717) is 5.92 Å². The number of hydrogen-bond donors (Lipinski definition) is 1. The third kappa shape index (κ3) is 3.04. The molecule has 1 aromatic rings. The highest BCUT2D eigenvalue weighted by atomic mass is 127. The van der Waals surface area contributed by atoms with Crippen molar-refractivity contribution in [2.24, 2.45) is 0 Å². The number of aromatic nitrogens is 2. The first-order chi connectivity index (χ1) is 10.1. The molecule has 2 atom stereocenters. The normalized spacial score (nSPS) is 28.9. The van der Waals surface area contributed by atoms with Gasteiger partial charge in [0.2, 0.25) is 0 Å². The zero-order valence-electron chi connectivity index (χ0n) is 13.2. The number of piperidine rings is 1. The molecule has 0 radical (unpaired) electrons. The van der Waals surface area contributed by atoms with Gasteiger partial charge < -0.3 is 10.2 Å². The molecule has 0 aromatic carbocycles. The SMILES string of the molecule is CCCNc1nc(C2CC3CCC(C2)N3C)nc(C)c1I. The Morgan fingerprint density at radius 3 is 2.52 bits per heavy atom. The number of nitrogens with one attached hydrogen (secondary N) is 1. The fourth-order valence-electron chi connectivity index (χ4n) is 3.75. The van der Waals surface area contributed by atoms with E-state index in [4.69, 9.17) is 9.97 Å². The van der Waals surface area contributed by atoms with Gasteiger partial charge in [-0.25, -0.2) is 9.97 Å². The van der Waals surface area contributed by atoms with Crippen molar-refractivity contribution in [2.75, 3.05) is 18.9 Å². The molecule has 0 spiro atoms. The second-order valence-corrected chi connectivity index (χ2v) is 7.55. The van der Waals surface area contributed by atoms with Crippen LogP contribution < -0.4 is 5.32 Å². The maximum absolute atomic E-state index is 4.87. The van der Waals surface area contributed by atoms with Crippen molar-refractivity contribution in [3.63, 3.8) is 0 Å². The lowest BCUT2D eigenvalue weighted by atomic mass is 9.90. The lowest BCUT2D eigenvalue weighted by molar-refractivity contribution is 0.159. The number of hydrogen-bond acceptors (Lipinski definition) is 4. The van der Waals surface area contributed by atoms with E-state index < -0.39 is 0 Å². The number of halogens is 1. The van der Waals surface area contributed by atoms with Gasteiger partial charge in [0, 0.05) is 24.5 Å². The van der Waals surface area contributed by atoms with Crippen molar-refractivity contribution in [2.45, 2.75) is 64.0 Å². The van der Waals surface area contributed by atoms with Crippen molar-refractivity contribution < 1.29 is 0 Å². The largest absolute Gasteiger partial charge is 0.369 e. The van der Waals surface area contributed by atoms with E-state index in [-0.39, 0.29) is 0 Å². The number of nitrogens with zero attached hydrogens (tertiary/aromatic N) is 3. The van der Waals surface area contributed by atoms with Crippen molar-refractivity contribution in [3.8, 4) is 0 Å². The quantitative estimate of drug-likeness (QED) is 0.785. The predicted molar refractivity (Wildman–Crippen MR) is 94.8 cm³/mol. The van der Waals surface area contributed by atoms with Crippen LogP contribution >= 0.6 is 22.6 Å². The zero-order valence-corrected chi connectivity index (χ0v) is 15.4. The van der Waals surface area contributed by atoms with E-state index in [2.05, 4.69) is 53.7 Å². The Morgan fingerprint density at radius 2 is 1.90 bits per heavy atom. The summed E-state index contributed by atoms with van der Waals surface area (Å²) in [5.41, 5.74) is 1.12. The summed E-state index contributed by atoms with van der Waals surface area (Å²) in [4.78, 5) is 12.3. The van der Waals surface area contributed by atoms with Crippen LogP contribution in [0.4, 0.5) is 5.82 Å².